The van der Waals surface area contributed by atoms with Crippen LogP contribution in [0.3, 0.4) is 0 Å². The summed E-state index contributed by atoms with van der Waals surface area (Å²) in [6, 6.07) is 21.6. The number of carboxylic acids is 1. The zero-order valence-corrected chi connectivity index (χ0v) is 21.8. The van der Waals surface area contributed by atoms with Crippen molar-refractivity contribution in [1.82, 2.24) is 0 Å². The number of hydrogen-bond donors (Lipinski definition) is 2. The first-order valence-corrected chi connectivity index (χ1v) is 13.0. The molecular weight excluding hydrogens is 430 g/mol. The Balaban J connectivity index is 1.81. The molecule has 0 radical (unpaired) electrons. The molecule has 2 aromatic rings. The van der Waals surface area contributed by atoms with Gasteiger partial charge in [0.1, 0.15) is 0 Å². The predicted octanol–water partition coefficient (Wildman–Crippen LogP) is 7.59. The van der Waals surface area contributed by atoms with E-state index < -0.39 is 5.97 Å². The fourth-order valence-electron chi connectivity index (χ4n) is 7.52. The Morgan fingerprint density at radius 2 is 1.63 bits per heavy atom. The Morgan fingerprint density at radius 1 is 1.03 bits per heavy atom. The predicted molar refractivity (Wildman–Crippen MR) is 146 cm³/mol. The monoisotopic (exact) mass is 471 g/mol. The molecule has 4 rings (SSSR count). The molecular formula is C32H41NO2. The minimum absolute atomic E-state index is 0.0354. The number of allylic oxidation sites excluding steroid dienone is 3. The molecule has 2 aliphatic carbocycles. The summed E-state index contributed by atoms with van der Waals surface area (Å²) < 4.78 is 0. The van der Waals surface area contributed by atoms with Gasteiger partial charge in [-0.2, -0.15) is 0 Å². The highest BCUT2D eigenvalue weighted by Crippen LogP contribution is 2.66. The highest BCUT2D eigenvalue weighted by molar-refractivity contribution is 5.90. The number of fused-ring (bicyclic) bond motifs is 1. The van der Waals surface area contributed by atoms with Gasteiger partial charge in [0.25, 0.3) is 0 Å². The lowest BCUT2D eigenvalue weighted by molar-refractivity contribution is -0.139. The summed E-state index contributed by atoms with van der Waals surface area (Å²) in [4.78, 5) is 11.5. The lowest BCUT2D eigenvalue weighted by Crippen LogP contribution is -2.33. The maximum atomic E-state index is 11.5. The van der Waals surface area contributed by atoms with Crippen LogP contribution in [0.5, 0.6) is 0 Å². The number of nitrogens with two attached hydrogens (primary N) is 1. The van der Waals surface area contributed by atoms with E-state index in [1.165, 1.54) is 27.8 Å². The van der Waals surface area contributed by atoms with Crippen molar-refractivity contribution in [2.75, 3.05) is 0 Å². The van der Waals surface area contributed by atoms with Gasteiger partial charge in [0.05, 0.1) is 6.42 Å². The lowest BCUT2D eigenvalue weighted by Gasteiger charge is -2.37. The average molecular weight is 472 g/mol. The molecule has 3 N–H and O–H groups in total. The van der Waals surface area contributed by atoms with Crippen LogP contribution in [-0.2, 0) is 4.79 Å². The van der Waals surface area contributed by atoms with Gasteiger partial charge < -0.3 is 10.8 Å². The second-order valence-electron chi connectivity index (χ2n) is 12.4. The second-order valence-corrected chi connectivity index (χ2v) is 12.4. The fraction of sp³-hybridized carbons (Fsp3) is 0.469. The van der Waals surface area contributed by atoms with Gasteiger partial charge in [0.15, 0.2) is 0 Å². The molecule has 0 bridgehead atoms. The third kappa shape index (κ3) is 5.02. The normalized spacial score (nSPS) is 24.5. The molecule has 0 spiro atoms. The molecule has 0 aliphatic heterocycles. The van der Waals surface area contributed by atoms with Crippen molar-refractivity contribution in [3.63, 3.8) is 0 Å². The number of hydrogen-bond acceptors (Lipinski definition) is 2. The molecule has 0 saturated heterocycles. The van der Waals surface area contributed by atoms with Crippen molar-refractivity contribution in [2.24, 2.45) is 27.9 Å². The average Bonchev–Trinajstić information content (AvgIpc) is 3.26. The van der Waals surface area contributed by atoms with E-state index in [0.717, 1.165) is 32.1 Å². The van der Waals surface area contributed by atoms with E-state index >= 15 is 0 Å². The van der Waals surface area contributed by atoms with E-state index in [4.69, 9.17) is 12.3 Å². The van der Waals surface area contributed by atoms with Crippen LogP contribution in [0.1, 0.15) is 77.3 Å². The molecule has 186 valence electrons. The molecule has 2 aromatic carbocycles. The van der Waals surface area contributed by atoms with Gasteiger partial charge in [-0.25, -0.2) is 0 Å². The van der Waals surface area contributed by atoms with Crippen LogP contribution in [0, 0.1) is 22.2 Å². The van der Waals surface area contributed by atoms with E-state index in [-0.39, 0.29) is 28.7 Å². The number of aliphatic carboxylic acids is 1. The van der Waals surface area contributed by atoms with E-state index in [0.29, 0.717) is 5.92 Å². The van der Waals surface area contributed by atoms with E-state index in [9.17, 15) is 9.90 Å². The van der Waals surface area contributed by atoms with Crippen LogP contribution in [0.2, 0.25) is 0 Å². The Bertz CT molecular complexity index is 1110. The van der Waals surface area contributed by atoms with Gasteiger partial charge in [-0.15, -0.1) is 0 Å². The Labute approximate surface area is 211 Å². The highest BCUT2D eigenvalue weighted by atomic mass is 16.4. The number of benzene rings is 2. The van der Waals surface area contributed by atoms with Crippen LogP contribution < -0.4 is 5.73 Å². The molecule has 3 atom stereocenters. The van der Waals surface area contributed by atoms with Crippen molar-refractivity contribution in [1.29, 1.82) is 0 Å². The lowest BCUT2D eigenvalue weighted by atomic mass is 9.66. The van der Waals surface area contributed by atoms with E-state index in [1.807, 2.05) is 0 Å². The van der Waals surface area contributed by atoms with Crippen molar-refractivity contribution in [2.45, 2.75) is 72.3 Å². The minimum atomic E-state index is -0.727. The van der Waals surface area contributed by atoms with Gasteiger partial charge in [0.2, 0.25) is 0 Å². The molecule has 0 amide bonds. The number of carbonyl (C=O) groups is 1. The maximum absolute atomic E-state index is 11.5. The second kappa shape index (κ2) is 9.43. The Morgan fingerprint density at radius 3 is 2.23 bits per heavy atom. The quantitative estimate of drug-likeness (QED) is 0.396. The van der Waals surface area contributed by atoms with Gasteiger partial charge >= 0.3 is 5.97 Å². The van der Waals surface area contributed by atoms with E-state index in [1.54, 1.807) is 0 Å². The fourth-order valence-corrected chi connectivity index (χ4v) is 7.52. The van der Waals surface area contributed by atoms with Crippen LogP contribution in [-0.4, -0.2) is 17.1 Å². The van der Waals surface area contributed by atoms with Crippen molar-refractivity contribution < 1.29 is 9.90 Å². The largest absolute Gasteiger partial charge is 0.481 e. The van der Waals surface area contributed by atoms with Gasteiger partial charge in [-0.1, -0.05) is 101 Å². The number of rotatable bonds is 9. The smallest absolute Gasteiger partial charge is 0.303 e. The summed E-state index contributed by atoms with van der Waals surface area (Å²) in [5, 5.41) is 9.43. The number of carboxylic acid groups (broad SMARTS) is 1. The van der Waals surface area contributed by atoms with Crippen LogP contribution in [0.15, 0.2) is 72.8 Å². The summed E-state index contributed by atoms with van der Waals surface area (Å²) in [6.07, 6.45) is 4.98. The van der Waals surface area contributed by atoms with Crippen LogP contribution in [0.4, 0.5) is 0 Å². The first-order chi connectivity index (χ1) is 16.5. The third-order valence-corrected chi connectivity index (χ3v) is 8.29. The molecule has 3 nitrogen and oxygen atoms in total. The minimum Gasteiger partial charge on any atom is -0.481 e. The zero-order chi connectivity index (χ0) is 25.4. The molecule has 2 aliphatic rings. The molecule has 0 heterocycles. The first-order valence-electron chi connectivity index (χ1n) is 13.0. The SMILES string of the molecule is C=C(c1ccccc1)[C@@]12CC[C@H](N)C1CC(CC(C)(C)CC(C)(C)CC(=O)O)=C2c1ccccc1. The first kappa shape index (κ1) is 25.4. The molecule has 0 aromatic heterocycles. The molecule has 35 heavy (non-hydrogen) atoms. The van der Waals surface area contributed by atoms with Gasteiger partial charge in [0, 0.05) is 11.5 Å². The maximum Gasteiger partial charge on any atom is 0.303 e. The summed E-state index contributed by atoms with van der Waals surface area (Å²) in [7, 11) is 0. The van der Waals surface area contributed by atoms with Crippen LogP contribution >= 0.6 is 0 Å². The van der Waals surface area contributed by atoms with Crippen LogP contribution in [0.25, 0.3) is 11.1 Å². The zero-order valence-electron chi connectivity index (χ0n) is 21.8. The topological polar surface area (TPSA) is 63.3 Å². The highest BCUT2D eigenvalue weighted by Gasteiger charge is 2.56. The summed E-state index contributed by atoms with van der Waals surface area (Å²) in [6.45, 7) is 13.5. The summed E-state index contributed by atoms with van der Waals surface area (Å²) in [5.74, 6) is -0.391. The molecule has 1 unspecified atom stereocenters. The van der Waals surface area contributed by atoms with Crippen molar-refractivity contribution in [3.8, 4) is 0 Å². The van der Waals surface area contributed by atoms with E-state index in [2.05, 4.69) is 88.4 Å². The molecule has 1 fully saturated rings. The van der Waals surface area contributed by atoms with Gasteiger partial charge in [-0.3, -0.25) is 4.79 Å². The Hall–Kier alpha value is -2.65. The van der Waals surface area contributed by atoms with Gasteiger partial charge in [-0.05, 0) is 71.1 Å². The summed E-state index contributed by atoms with van der Waals surface area (Å²) in [5.41, 5.74) is 12.9. The standard InChI is InChI=1S/C32H41NO2/c1-22(23-12-8-6-9-13-23)32-17-16-27(33)26(32)18-25(29(32)24-14-10-7-11-15-24)19-30(2,3)21-31(4,5)20-28(34)35/h6-15,26-27H,1,16-21,33H2,2-5H3,(H,34,35)/t26?,27-,32-/m0/s1. The molecule has 3 heteroatoms. The third-order valence-electron chi connectivity index (χ3n) is 8.29. The summed E-state index contributed by atoms with van der Waals surface area (Å²) >= 11 is 0. The van der Waals surface area contributed by atoms with Crippen molar-refractivity contribution in [3.05, 3.63) is 83.9 Å². The van der Waals surface area contributed by atoms with Crippen molar-refractivity contribution >= 4 is 17.1 Å². The molecule has 1 saturated carbocycles. The Kier molecular flexibility index (Phi) is 6.85.